The van der Waals surface area contributed by atoms with E-state index in [1.165, 1.54) is 5.56 Å². The third kappa shape index (κ3) is 2.13. The van der Waals surface area contributed by atoms with Crippen LogP contribution in [0.4, 0.5) is 0 Å². The van der Waals surface area contributed by atoms with Gasteiger partial charge in [0.2, 0.25) is 0 Å². The highest BCUT2D eigenvalue weighted by molar-refractivity contribution is 5.18. The largest absolute Gasteiger partial charge is 0.389 e. The second kappa shape index (κ2) is 4.45. The molecule has 0 bridgehead atoms. The normalized spacial score (nSPS) is 31.6. The quantitative estimate of drug-likeness (QED) is 0.840. The van der Waals surface area contributed by atoms with Crippen molar-refractivity contribution < 1.29 is 5.11 Å². The van der Waals surface area contributed by atoms with Crippen molar-refractivity contribution in [3.8, 4) is 0 Å². The van der Waals surface area contributed by atoms with Crippen LogP contribution in [0.1, 0.15) is 45.6 Å². The molecule has 1 N–H and O–H groups in total. The lowest BCUT2D eigenvalue weighted by Crippen LogP contribution is -2.45. The Bertz CT molecular complexity index is 368. The minimum Gasteiger partial charge on any atom is -0.389 e. The number of benzene rings is 1. The van der Waals surface area contributed by atoms with E-state index in [0.29, 0.717) is 5.92 Å². The SMILES string of the molecule is CCC1(O)C(Cc2ccccc2)CCC1(C)C. The van der Waals surface area contributed by atoms with Crippen LogP contribution in [-0.2, 0) is 6.42 Å². The number of hydrogen-bond donors (Lipinski definition) is 1. The molecule has 0 saturated heterocycles. The molecule has 0 amide bonds. The van der Waals surface area contributed by atoms with Gasteiger partial charge in [0.05, 0.1) is 5.60 Å². The van der Waals surface area contributed by atoms with Crippen molar-refractivity contribution in [3.05, 3.63) is 35.9 Å². The summed E-state index contributed by atoms with van der Waals surface area (Å²) in [6, 6.07) is 10.6. The molecule has 94 valence electrons. The van der Waals surface area contributed by atoms with Gasteiger partial charge in [-0.1, -0.05) is 51.1 Å². The molecule has 1 aliphatic carbocycles. The highest BCUT2D eigenvalue weighted by Crippen LogP contribution is 2.52. The Hall–Kier alpha value is -0.820. The Kier molecular flexibility index (Phi) is 3.31. The topological polar surface area (TPSA) is 20.2 Å². The molecular formula is C16H24O. The predicted molar refractivity (Wildman–Crippen MR) is 71.9 cm³/mol. The highest BCUT2D eigenvalue weighted by atomic mass is 16.3. The minimum absolute atomic E-state index is 0.0567. The molecule has 0 aromatic heterocycles. The van der Waals surface area contributed by atoms with Crippen molar-refractivity contribution in [1.29, 1.82) is 0 Å². The molecule has 1 nitrogen and oxygen atoms in total. The molecule has 0 aliphatic heterocycles. The van der Waals surface area contributed by atoms with Crippen molar-refractivity contribution in [2.45, 2.75) is 52.1 Å². The zero-order valence-electron chi connectivity index (χ0n) is 11.2. The van der Waals surface area contributed by atoms with Gasteiger partial charge in [-0.25, -0.2) is 0 Å². The Morgan fingerprint density at radius 2 is 1.88 bits per heavy atom. The first-order valence-electron chi connectivity index (χ1n) is 6.76. The predicted octanol–water partition coefficient (Wildman–Crippen LogP) is 3.81. The molecule has 0 spiro atoms. The van der Waals surface area contributed by atoms with Crippen LogP contribution in [0.25, 0.3) is 0 Å². The molecular weight excluding hydrogens is 208 g/mol. The number of rotatable bonds is 3. The fourth-order valence-corrected chi connectivity index (χ4v) is 3.48. The van der Waals surface area contributed by atoms with Gasteiger partial charge >= 0.3 is 0 Å². The molecule has 1 fully saturated rings. The zero-order chi connectivity index (χ0) is 12.5. The maximum Gasteiger partial charge on any atom is 0.0726 e. The summed E-state index contributed by atoms with van der Waals surface area (Å²) >= 11 is 0. The maximum absolute atomic E-state index is 10.9. The van der Waals surface area contributed by atoms with Gasteiger partial charge in [0, 0.05) is 0 Å². The lowest BCUT2D eigenvalue weighted by molar-refractivity contribution is -0.0784. The van der Waals surface area contributed by atoms with Gasteiger partial charge in [0.15, 0.2) is 0 Å². The zero-order valence-corrected chi connectivity index (χ0v) is 11.2. The van der Waals surface area contributed by atoms with Crippen LogP contribution < -0.4 is 0 Å². The Labute approximate surface area is 105 Å². The van der Waals surface area contributed by atoms with E-state index in [1.54, 1.807) is 0 Å². The first-order valence-corrected chi connectivity index (χ1v) is 6.76. The number of hydrogen-bond acceptors (Lipinski definition) is 1. The third-order valence-electron chi connectivity index (χ3n) is 4.83. The van der Waals surface area contributed by atoms with Crippen LogP contribution in [-0.4, -0.2) is 10.7 Å². The molecule has 1 saturated carbocycles. The van der Waals surface area contributed by atoms with Crippen LogP contribution in [0.15, 0.2) is 30.3 Å². The Balaban J connectivity index is 2.18. The molecule has 2 atom stereocenters. The second-order valence-corrected chi connectivity index (χ2v) is 6.09. The van der Waals surface area contributed by atoms with Crippen molar-refractivity contribution in [2.75, 3.05) is 0 Å². The molecule has 1 aromatic rings. The van der Waals surface area contributed by atoms with Gasteiger partial charge in [-0.3, -0.25) is 0 Å². The summed E-state index contributed by atoms with van der Waals surface area (Å²) in [5.74, 6) is 0.407. The summed E-state index contributed by atoms with van der Waals surface area (Å²) in [4.78, 5) is 0. The second-order valence-electron chi connectivity index (χ2n) is 6.09. The van der Waals surface area contributed by atoms with E-state index in [-0.39, 0.29) is 5.41 Å². The Morgan fingerprint density at radius 1 is 1.24 bits per heavy atom. The van der Waals surface area contributed by atoms with Gasteiger partial charge < -0.3 is 5.11 Å². The average molecular weight is 232 g/mol. The molecule has 0 radical (unpaired) electrons. The lowest BCUT2D eigenvalue weighted by Gasteiger charge is -2.40. The van der Waals surface area contributed by atoms with E-state index < -0.39 is 5.60 Å². The fourth-order valence-electron chi connectivity index (χ4n) is 3.48. The standard InChI is InChI=1S/C16H24O/c1-4-16(17)14(10-11-15(16,2)3)12-13-8-6-5-7-9-13/h5-9,14,17H,4,10-12H2,1-3H3. The molecule has 0 heterocycles. The first-order chi connectivity index (χ1) is 7.99. The molecule has 1 heteroatoms. The van der Waals surface area contributed by atoms with Crippen LogP contribution in [0.5, 0.6) is 0 Å². The average Bonchev–Trinajstić information content (AvgIpc) is 2.55. The number of aliphatic hydroxyl groups is 1. The summed E-state index contributed by atoms with van der Waals surface area (Å²) in [7, 11) is 0. The monoisotopic (exact) mass is 232 g/mol. The van der Waals surface area contributed by atoms with Crippen LogP contribution in [0.2, 0.25) is 0 Å². The van der Waals surface area contributed by atoms with Crippen LogP contribution >= 0.6 is 0 Å². The fraction of sp³-hybridized carbons (Fsp3) is 0.625. The third-order valence-corrected chi connectivity index (χ3v) is 4.83. The van der Waals surface area contributed by atoms with E-state index in [1.807, 2.05) is 6.07 Å². The van der Waals surface area contributed by atoms with Gasteiger partial charge in [0.1, 0.15) is 0 Å². The van der Waals surface area contributed by atoms with E-state index >= 15 is 0 Å². The van der Waals surface area contributed by atoms with Gasteiger partial charge in [0.25, 0.3) is 0 Å². The summed E-state index contributed by atoms with van der Waals surface area (Å²) in [5, 5.41) is 10.9. The first kappa shape index (κ1) is 12.6. The van der Waals surface area contributed by atoms with E-state index in [2.05, 4.69) is 45.0 Å². The summed E-state index contributed by atoms with van der Waals surface area (Å²) in [5.41, 5.74) is 0.909. The van der Waals surface area contributed by atoms with Crippen molar-refractivity contribution in [3.63, 3.8) is 0 Å². The van der Waals surface area contributed by atoms with Crippen LogP contribution in [0, 0.1) is 11.3 Å². The van der Waals surface area contributed by atoms with E-state index in [9.17, 15) is 5.11 Å². The Morgan fingerprint density at radius 3 is 2.47 bits per heavy atom. The molecule has 2 unspecified atom stereocenters. The van der Waals surface area contributed by atoms with Gasteiger partial charge in [-0.15, -0.1) is 0 Å². The van der Waals surface area contributed by atoms with Gasteiger partial charge in [-0.2, -0.15) is 0 Å². The highest BCUT2D eigenvalue weighted by Gasteiger charge is 2.52. The van der Waals surface area contributed by atoms with Gasteiger partial charge in [-0.05, 0) is 42.6 Å². The van der Waals surface area contributed by atoms with Crippen molar-refractivity contribution in [1.82, 2.24) is 0 Å². The molecule has 17 heavy (non-hydrogen) atoms. The van der Waals surface area contributed by atoms with Crippen molar-refractivity contribution in [2.24, 2.45) is 11.3 Å². The summed E-state index contributed by atoms with van der Waals surface area (Å²) < 4.78 is 0. The summed E-state index contributed by atoms with van der Waals surface area (Å²) in [6.45, 7) is 6.54. The molecule has 1 aromatic carbocycles. The maximum atomic E-state index is 10.9. The smallest absolute Gasteiger partial charge is 0.0726 e. The summed E-state index contributed by atoms with van der Waals surface area (Å²) in [6.07, 6.45) is 4.15. The minimum atomic E-state index is -0.497. The van der Waals surface area contributed by atoms with Crippen LogP contribution in [0.3, 0.4) is 0 Å². The molecule has 1 aliphatic rings. The van der Waals surface area contributed by atoms with Crippen molar-refractivity contribution >= 4 is 0 Å². The van der Waals surface area contributed by atoms with E-state index in [0.717, 1.165) is 25.7 Å². The van der Waals surface area contributed by atoms with E-state index in [4.69, 9.17) is 0 Å². The lowest BCUT2D eigenvalue weighted by atomic mass is 9.71. The molecule has 2 rings (SSSR count).